The number of hydrogen-bond acceptors (Lipinski definition) is 4. The molecule has 4 amide bonds. The van der Waals surface area contributed by atoms with Crippen LogP contribution in [0.5, 0.6) is 0 Å². The van der Waals surface area contributed by atoms with E-state index < -0.39 is 0 Å². The molecule has 1 fully saturated rings. The predicted molar refractivity (Wildman–Crippen MR) is 109 cm³/mol. The van der Waals surface area contributed by atoms with Gasteiger partial charge in [0.1, 0.15) is 5.82 Å². The van der Waals surface area contributed by atoms with Gasteiger partial charge in [-0.1, -0.05) is 18.2 Å². The molecule has 1 aromatic heterocycles. The Hall–Kier alpha value is -3.10. The number of urea groups is 2. The van der Waals surface area contributed by atoms with Crippen LogP contribution in [-0.4, -0.2) is 75.3 Å². The van der Waals surface area contributed by atoms with E-state index in [2.05, 4.69) is 20.1 Å². The van der Waals surface area contributed by atoms with Gasteiger partial charge in [-0.25, -0.2) is 9.59 Å². The summed E-state index contributed by atoms with van der Waals surface area (Å²) in [6.45, 7) is 3.22. The Labute approximate surface area is 170 Å². The highest BCUT2D eigenvalue weighted by atomic mass is 16.2. The first-order valence-electron chi connectivity index (χ1n) is 10.0. The third-order valence-corrected chi connectivity index (χ3v) is 5.61. The lowest BCUT2D eigenvalue weighted by Crippen LogP contribution is -2.44. The summed E-state index contributed by atoms with van der Waals surface area (Å²) in [6.07, 6.45) is 1.77. The molecule has 0 radical (unpaired) electrons. The number of hydrogen-bond donors (Lipinski definition) is 1. The molecule has 1 N–H and O–H groups in total. The summed E-state index contributed by atoms with van der Waals surface area (Å²) in [6, 6.07) is 9.39. The summed E-state index contributed by atoms with van der Waals surface area (Å²) in [7, 11) is 3.56. The minimum atomic E-state index is -0.123. The van der Waals surface area contributed by atoms with E-state index in [1.54, 1.807) is 23.9 Å². The molecule has 0 bridgehead atoms. The quantitative estimate of drug-likeness (QED) is 0.842. The minimum Gasteiger partial charge on any atom is -0.331 e. The second kappa shape index (κ2) is 8.10. The van der Waals surface area contributed by atoms with Gasteiger partial charge in [-0.05, 0) is 25.0 Å². The third-order valence-electron chi connectivity index (χ3n) is 5.61. The molecule has 9 heteroatoms. The van der Waals surface area contributed by atoms with Crippen molar-refractivity contribution in [1.29, 1.82) is 0 Å². The number of carbonyl (C=O) groups is 2. The number of anilines is 1. The number of carbonyl (C=O) groups excluding carboxylic acids is 2. The third kappa shape index (κ3) is 4.03. The first-order chi connectivity index (χ1) is 14.0. The molecule has 2 aliphatic heterocycles. The molecule has 29 heavy (non-hydrogen) atoms. The number of nitrogens with one attached hydrogen (secondary N) is 1. The van der Waals surface area contributed by atoms with E-state index in [0.29, 0.717) is 25.6 Å². The number of fused-ring (bicyclic) bond motifs is 1. The number of likely N-dealkylation sites (tertiary alicyclic amines) is 1. The van der Waals surface area contributed by atoms with Crippen LogP contribution in [0.4, 0.5) is 15.3 Å². The van der Waals surface area contributed by atoms with E-state index in [1.807, 2.05) is 35.2 Å². The number of para-hydroxylation sites is 1. The molecule has 4 rings (SSSR count). The maximum atomic E-state index is 12.6. The number of rotatable bonds is 2. The minimum absolute atomic E-state index is 0.0618. The van der Waals surface area contributed by atoms with E-state index in [0.717, 1.165) is 43.3 Å². The Morgan fingerprint density at radius 2 is 1.72 bits per heavy atom. The molecule has 3 heterocycles. The first kappa shape index (κ1) is 19.2. The summed E-state index contributed by atoms with van der Waals surface area (Å²) in [4.78, 5) is 30.0. The summed E-state index contributed by atoms with van der Waals surface area (Å²) in [5.41, 5.74) is 0.782. The highest BCUT2D eigenvalue weighted by Crippen LogP contribution is 2.29. The van der Waals surface area contributed by atoms with Crippen molar-refractivity contribution in [3.63, 3.8) is 0 Å². The fourth-order valence-electron chi connectivity index (χ4n) is 3.99. The summed E-state index contributed by atoms with van der Waals surface area (Å²) >= 11 is 0. The topological polar surface area (TPSA) is 86.6 Å². The summed E-state index contributed by atoms with van der Waals surface area (Å²) < 4.78 is 2.15. The lowest BCUT2D eigenvalue weighted by Gasteiger charge is -2.34. The largest absolute Gasteiger partial charge is 0.331 e. The van der Waals surface area contributed by atoms with E-state index in [9.17, 15) is 9.59 Å². The van der Waals surface area contributed by atoms with Crippen LogP contribution in [0.1, 0.15) is 30.4 Å². The highest BCUT2D eigenvalue weighted by molar-refractivity contribution is 5.89. The summed E-state index contributed by atoms with van der Waals surface area (Å²) in [5, 5.41) is 11.7. The van der Waals surface area contributed by atoms with Crippen LogP contribution in [0.15, 0.2) is 30.3 Å². The van der Waals surface area contributed by atoms with E-state index >= 15 is 0 Å². The van der Waals surface area contributed by atoms with Gasteiger partial charge in [0.2, 0.25) is 0 Å². The molecule has 2 aliphatic rings. The van der Waals surface area contributed by atoms with Gasteiger partial charge in [0, 0.05) is 51.9 Å². The number of aromatic nitrogens is 3. The molecule has 0 saturated carbocycles. The van der Waals surface area contributed by atoms with Crippen molar-refractivity contribution in [3.8, 4) is 0 Å². The lowest BCUT2D eigenvalue weighted by atomic mass is 9.96. The average Bonchev–Trinajstić information content (AvgIpc) is 3.17. The molecular formula is C20H27N7O2. The van der Waals surface area contributed by atoms with E-state index in [1.165, 1.54) is 0 Å². The SMILES string of the molecule is CN(C)C(=O)N1CCC(c2nnc3n2CCN(C(=O)Nc2ccccc2)C3)CC1. The van der Waals surface area contributed by atoms with Crippen LogP contribution in [-0.2, 0) is 13.1 Å². The highest BCUT2D eigenvalue weighted by Gasteiger charge is 2.31. The maximum absolute atomic E-state index is 12.6. The zero-order chi connectivity index (χ0) is 20.4. The Kier molecular flexibility index (Phi) is 5.37. The monoisotopic (exact) mass is 397 g/mol. The Bertz CT molecular complexity index is 872. The van der Waals surface area contributed by atoms with Gasteiger partial charge in [-0.2, -0.15) is 0 Å². The molecule has 0 aliphatic carbocycles. The van der Waals surface area contributed by atoms with Crippen molar-refractivity contribution < 1.29 is 9.59 Å². The maximum Gasteiger partial charge on any atom is 0.322 e. The molecule has 9 nitrogen and oxygen atoms in total. The second-order valence-electron chi connectivity index (χ2n) is 7.78. The molecule has 1 saturated heterocycles. The van der Waals surface area contributed by atoms with Gasteiger partial charge in [0.15, 0.2) is 5.82 Å². The molecule has 154 valence electrons. The fourth-order valence-corrected chi connectivity index (χ4v) is 3.99. The Balaban J connectivity index is 1.38. The van der Waals surface area contributed by atoms with Crippen LogP contribution in [0.3, 0.4) is 0 Å². The Morgan fingerprint density at radius 3 is 2.41 bits per heavy atom. The Morgan fingerprint density at radius 1 is 1.00 bits per heavy atom. The molecule has 0 unspecified atom stereocenters. The van der Waals surface area contributed by atoms with Gasteiger partial charge in [0.05, 0.1) is 6.54 Å². The average molecular weight is 397 g/mol. The van der Waals surface area contributed by atoms with Crippen molar-refractivity contribution >= 4 is 17.7 Å². The zero-order valence-electron chi connectivity index (χ0n) is 16.9. The molecule has 1 aromatic carbocycles. The van der Waals surface area contributed by atoms with Gasteiger partial charge in [0.25, 0.3) is 0 Å². The van der Waals surface area contributed by atoms with Gasteiger partial charge in [-0.3, -0.25) is 0 Å². The molecular weight excluding hydrogens is 370 g/mol. The molecule has 0 spiro atoms. The smallest absolute Gasteiger partial charge is 0.322 e. The van der Waals surface area contributed by atoms with Crippen molar-refractivity contribution in [2.75, 3.05) is 39.0 Å². The molecule has 2 aromatic rings. The van der Waals surface area contributed by atoms with E-state index in [-0.39, 0.29) is 12.1 Å². The molecule has 0 atom stereocenters. The van der Waals surface area contributed by atoms with Gasteiger partial charge in [-0.15, -0.1) is 10.2 Å². The predicted octanol–water partition coefficient (Wildman–Crippen LogP) is 2.19. The zero-order valence-corrected chi connectivity index (χ0v) is 16.9. The van der Waals surface area contributed by atoms with Crippen molar-refractivity contribution in [2.45, 2.75) is 31.8 Å². The van der Waals surface area contributed by atoms with E-state index in [4.69, 9.17) is 0 Å². The fraction of sp³-hybridized carbons (Fsp3) is 0.500. The van der Waals surface area contributed by atoms with Crippen molar-refractivity contribution in [2.24, 2.45) is 0 Å². The summed E-state index contributed by atoms with van der Waals surface area (Å²) in [5.74, 6) is 2.11. The van der Waals surface area contributed by atoms with Crippen LogP contribution in [0.25, 0.3) is 0 Å². The number of piperidine rings is 1. The first-order valence-corrected chi connectivity index (χ1v) is 10.0. The standard InChI is InChI=1S/C20H27N7O2/c1-24(2)20(29)25-10-8-15(9-11-25)18-23-22-17-14-26(12-13-27(17)18)19(28)21-16-6-4-3-5-7-16/h3-7,15H,8-14H2,1-2H3,(H,21,28). The van der Waals surface area contributed by atoms with Gasteiger partial charge < -0.3 is 24.6 Å². The van der Waals surface area contributed by atoms with Crippen molar-refractivity contribution in [3.05, 3.63) is 42.0 Å². The normalized spacial score (nSPS) is 17.0. The van der Waals surface area contributed by atoms with Crippen LogP contribution < -0.4 is 5.32 Å². The van der Waals surface area contributed by atoms with Crippen LogP contribution >= 0.6 is 0 Å². The number of amides is 4. The van der Waals surface area contributed by atoms with Crippen LogP contribution in [0, 0.1) is 0 Å². The van der Waals surface area contributed by atoms with Gasteiger partial charge >= 0.3 is 12.1 Å². The number of nitrogens with zero attached hydrogens (tertiary/aromatic N) is 6. The lowest BCUT2D eigenvalue weighted by molar-refractivity contribution is 0.154. The second-order valence-corrected chi connectivity index (χ2v) is 7.78. The van der Waals surface area contributed by atoms with Crippen LogP contribution in [0.2, 0.25) is 0 Å². The number of benzene rings is 1. The van der Waals surface area contributed by atoms with Crippen molar-refractivity contribution in [1.82, 2.24) is 29.5 Å².